The number of rotatable bonds is 13. The fraction of sp³-hybridized carbons (Fsp3) is 0.571. The van der Waals surface area contributed by atoms with Crippen LogP contribution < -0.4 is 10.6 Å². The van der Waals surface area contributed by atoms with E-state index in [1.54, 1.807) is 18.2 Å². The maximum absolute atomic E-state index is 11.3. The molecule has 4 N–H and O–H groups in total. The Hall–Kier alpha value is -1.94. The fourth-order valence-corrected chi connectivity index (χ4v) is 1.87. The minimum Gasteiger partial charge on any atom is -0.394 e. The highest BCUT2D eigenvalue weighted by atomic mass is 16.6. The highest BCUT2D eigenvalue weighted by molar-refractivity contribution is 5.76. The molecule has 0 aliphatic heterocycles. The molecule has 0 spiro atoms. The molecule has 0 heterocycles. The molecule has 0 aliphatic carbocycles. The van der Waals surface area contributed by atoms with Crippen molar-refractivity contribution in [3.05, 3.63) is 28.3 Å². The Labute approximate surface area is 134 Å². The molecule has 0 aliphatic rings. The summed E-state index contributed by atoms with van der Waals surface area (Å²) >= 11 is 0. The molecule has 0 saturated carbocycles. The van der Waals surface area contributed by atoms with Crippen LogP contribution in [0.1, 0.15) is 0 Å². The molecule has 0 atom stereocenters. The van der Waals surface area contributed by atoms with E-state index in [0.717, 1.165) is 0 Å². The van der Waals surface area contributed by atoms with E-state index < -0.39 is 4.92 Å². The first-order valence-electron chi connectivity index (χ1n) is 7.33. The molecule has 0 unspecified atom stereocenters. The number of nitrogens with zero attached hydrogens (tertiary/aromatic N) is 1. The molecule has 9 nitrogen and oxygen atoms in total. The Bertz CT molecular complexity index is 440. The van der Waals surface area contributed by atoms with Gasteiger partial charge >= 0.3 is 5.69 Å². The normalized spacial score (nSPS) is 10.5. The van der Waals surface area contributed by atoms with Gasteiger partial charge in [0.25, 0.3) is 0 Å². The van der Waals surface area contributed by atoms with Crippen molar-refractivity contribution in [1.82, 2.24) is 0 Å². The number of anilines is 2. The van der Waals surface area contributed by atoms with Crippen LogP contribution in [0.2, 0.25) is 0 Å². The molecular formula is C14H23N3O6. The highest BCUT2D eigenvalue weighted by Crippen LogP contribution is 2.32. The Balaban J connectivity index is 2.60. The quantitative estimate of drug-likeness (QED) is 0.233. The molecule has 0 fully saturated rings. The molecule has 9 heteroatoms. The van der Waals surface area contributed by atoms with Gasteiger partial charge in [0.15, 0.2) is 0 Å². The van der Waals surface area contributed by atoms with Crippen molar-refractivity contribution in [1.29, 1.82) is 0 Å². The minimum atomic E-state index is -0.451. The number of nitro benzene ring substituents is 1. The summed E-state index contributed by atoms with van der Waals surface area (Å²) in [5.74, 6) is 0. The zero-order valence-corrected chi connectivity index (χ0v) is 12.9. The van der Waals surface area contributed by atoms with Crippen LogP contribution >= 0.6 is 0 Å². The van der Waals surface area contributed by atoms with Crippen molar-refractivity contribution in [3.8, 4) is 0 Å². The summed E-state index contributed by atoms with van der Waals surface area (Å²) < 4.78 is 10.2. The van der Waals surface area contributed by atoms with Gasteiger partial charge in [-0.1, -0.05) is 6.07 Å². The smallest absolute Gasteiger partial charge is 0.315 e. The first kappa shape index (κ1) is 19.1. The monoisotopic (exact) mass is 329 g/mol. The van der Waals surface area contributed by atoms with Gasteiger partial charge in [-0.3, -0.25) is 10.1 Å². The van der Waals surface area contributed by atoms with E-state index in [1.165, 1.54) is 0 Å². The summed E-state index contributed by atoms with van der Waals surface area (Å²) in [6.45, 7) is 1.82. The number of aliphatic hydroxyl groups excluding tert-OH is 2. The zero-order chi connectivity index (χ0) is 16.9. The molecule has 1 rings (SSSR count). The second kappa shape index (κ2) is 11.6. The van der Waals surface area contributed by atoms with Crippen LogP contribution in [0.3, 0.4) is 0 Å². The van der Waals surface area contributed by atoms with Crippen LogP contribution in [0.4, 0.5) is 17.1 Å². The lowest BCUT2D eigenvalue weighted by Gasteiger charge is -2.12. The summed E-state index contributed by atoms with van der Waals surface area (Å²) in [6, 6.07) is 4.95. The second-order valence-corrected chi connectivity index (χ2v) is 4.48. The molecule has 23 heavy (non-hydrogen) atoms. The third-order valence-electron chi connectivity index (χ3n) is 2.81. The minimum absolute atomic E-state index is 0.0446. The predicted octanol–water partition coefficient (Wildman–Crippen LogP) is 0.436. The van der Waals surface area contributed by atoms with Crippen LogP contribution in [0.25, 0.3) is 0 Å². The molecular weight excluding hydrogens is 306 g/mol. The molecule has 0 radical (unpaired) electrons. The molecule has 0 aromatic heterocycles. The van der Waals surface area contributed by atoms with E-state index in [2.05, 4.69) is 10.6 Å². The second-order valence-electron chi connectivity index (χ2n) is 4.48. The number of nitrogens with one attached hydrogen (secondary N) is 2. The molecule has 0 bridgehead atoms. The maximum Gasteiger partial charge on any atom is 0.315 e. The van der Waals surface area contributed by atoms with Crippen molar-refractivity contribution in [2.75, 3.05) is 63.4 Å². The topological polar surface area (TPSA) is 126 Å². The summed E-state index contributed by atoms with van der Waals surface area (Å²) in [5, 5.41) is 34.4. The largest absolute Gasteiger partial charge is 0.394 e. The molecule has 0 amide bonds. The van der Waals surface area contributed by atoms with Gasteiger partial charge in [-0.2, -0.15) is 0 Å². The third-order valence-corrected chi connectivity index (χ3v) is 2.81. The average molecular weight is 329 g/mol. The van der Waals surface area contributed by atoms with E-state index in [4.69, 9.17) is 19.7 Å². The van der Waals surface area contributed by atoms with Crippen molar-refractivity contribution in [2.24, 2.45) is 0 Å². The number of hydrogen-bond donors (Lipinski definition) is 4. The SMILES string of the molecule is O=[N+]([O-])c1c(NCCOCCO)cccc1NCCOCCO. The number of para-hydroxylation sites is 1. The van der Waals surface area contributed by atoms with Gasteiger partial charge in [0, 0.05) is 13.1 Å². The first-order valence-corrected chi connectivity index (χ1v) is 7.33. The lowest BCUT2D eigenvalue weighted by molar-refractivity contribution is -0.383. The summed E-state index contributed by atoms with van der Waals surface area (Å²) in [4.78, 5) is 10.9. The maximum atomic E-state index is 11.3. The van der Waals surface area contributed by atoms with Gasteiger partial charge in [0.05, 0.1) is 44.6 Å². The van der Waals surface area contributed by atoms with Crippen molar-refractivity contribution >= 4 is 17.1 Å². The number of nitro groups is 1. The number of ether oxygens (including phenoxy) is 2. The Morgan fingerprint density at radius 2 is 1.43 bits per heavy atom. The molecule has 130 valence electrons. The summed E-state index contributed by atoms with van der Waals surface area (Å²) in [7, 11) is 0. The Kier molecular flexibility index (Phi) is 9.64. The lowest BCUT2D eigenvalue weighted by atomic mass is 10.2. The van der Waals surface area contributed by atoms with Crippen molar-refractivity contribution < 1.29 is 24.6 Å². The molecule has 1 aromatic carbocycles. The molecule has 0 saturated heterocycles. The Morgan fingerprint density at radius 1 is 0.957 bits per heavy atom. The van der Waals surface area contributed by atoms with E-state index in [-0.39, 0.29) is 32.1 Å². The lowest BCUT2D eigenvalue weighted by Crippen LogP contribution is -2.14. The molecule has 1 aromatic rings. The Morgan fingerprint density at radius 3 is 1.83 bits per heavy atom. The van der Waals surface area contributed by atoms with Crippen LogP contribution in [0.5, 0.6) is 0 Å². The number of hydrogen-bond acceptors (Lipinski definition) is 8. The van der Waals surface area contributed by atoms with E-state index in [9.17, 15) is 10.1 Å². The van der Waals surface area contributed by atoms with E-state index >= 15 is 0 Å². The van der Waals surface area contributed by atoms with Crippen LogP contribution in [0.15, 0.2) is 18.2 Å². The number of aliphatic hydroxyl groups is 2. The highest BCUT2D eigenvalue weighted by Gasteiger charge is 2.19. The van der Waals surface area contributed by atoms with Crippen molar-refractivity contribution in [2.45, 2.75) is 0 Å². The predicted molar refractivity (Wildman–Crippen MR) is 85.9 cm³/mol. The van der Waals surface area contributed by atoms with Crippen molar-refractivity contribution in [3.63, 3.8) is 0 Å². The van der Waals surface area contributed by atoms with Crippen LogP contribution in [-0.2, 0) is 9.47 Å². The summed E-state index contributed by atoms with van der Waals surface area (Å²) in [6.07, 6.45) is 0. The van der Waals surface area contributed by atoms with Gasteiger partial charge in [-0.25, -0.2) is 0 Å². The first-order chi connectivity index (χ1) is 11.2. The zero-order valence-electron chi connectivity index (χ0n) is 12.9. The van der Waals surface area contributed by atoms with Gasteiger partial charge in [0.2, 0.25) is 0 Å². The fourth-order valence-electron chi connectivity index (χ4n) is 1.87. The van der Waals surface area contributed by atoms with Gasteiger partial charge in [0.1, 0.15) is 11.4 Å². The summed E-state index contributed by atoms with van der Waals surface area (Å²) in [5.41, 5.74) is 0.740. The standard InChI is InChI=1S/C14H23N3O6/c18-6-10-22-8-4-15-12-2-1-3-13(14(12)17(20)21)16-5-9-23-11-7-19/h1-3,15-16,18-19H,4-11H2. The van der Waals surface area contributed by atoms with Crippen LogP contribution in [0, 0.1) is 10.1 Å². The van der Waals surface area contributed by atoms with Gasteiger partial charge < -0.3 is 30.3 Å². The van der Waals surface area contributed by atoms with E-state index in [0.29, 0.717) is 37.7 Å². The average Bonchev–Trinajstić information content (AvgIpc) is 2.54. The van der Waals surface area contributed by atoms with Gasteiger partial charge in [-0.15, -0.1) is 0 Å². The van der Waals surface area contributed by atoms with Crippen LogP contribution in [-0.4, -0.2) is 67.9 Å². The third kappa shape index (κ3) is 7.24. The van der Waals surface area contributed by atoms with E-state index in [1.807, 2.05) is 0 Å². The van der Waals surface area contributed by atoms with Gasteiger partial charge in [-0.05, 0) is 12.1 Å². The number of benzene rings is 1.